The molecule has 1 aliphatic heterocycles. The number of piperidine rings is 1. The summed E-state index contributed by atoms with van der Waals surface area (Å²) < 4.78 is 16.2. The number of rotatable bonds is 9. The number of guanidine groups is 1. The van der Waals surface area contributed by atoms with Crippen LogP contribution in [0.25, 0.3) is 0 Å². The maximum atomic E-state index is 11.8. The molecule has 9 nitrogen and oxygen atoms in total. The predicted molar refractivity (Wildman–Crippen MR) is 137 cm³/mol. The van der Waals surface area contributed by atoms with E-state index in [4.69, 9.17) is 19.9 Å². The molecule has 2 aromatic rings. The van der Waals surface area contributed by atoms with Crippen molar-refractivity contribution in [1.82, 2.24) is 15.2 Å². The van der Waals surface area contributed by atoms with Crippen LogP contribution in [-0.4, -0.2) is 60.9 Å². The van der Waals surface area contributed by atoms with E-state index < -0.39 is 0 Å². The SMILES string of the molecule is CCOC(=O)N1CCC(NC(N)=NCc2ccc(OCCOc3ccccc3)nc2)CC1.I. The number of ether oxygens (including phenoxy) is 3. The van der Waals surface area contributed by atoms with Gasteiger partial charge in [0, 0.05) is 31.4 Å². The van der Waals surface area contributed by atoms with Crippen molar-refractivity contribution in [3.8, 4) is 11.6 Å². The van der Waals surface area contributed by atoms with Crippen LogP contribution >= 0.6 is 24.0 Å². The van der Waals surface area contributed by atoms with E-state index >= 15 is 0 Å². The lowest BCUT2D eigenvalue weighted by Gasteiger charge is -2.31. The van der Waals surface area contributed by atoms with Crippen LogP contribution in [0.3, 0.4) is 0 Å². The van der Waals surface area contributed by atoms with Gasteiger partial charge in [0.15, 0.2) is 5.96 Å². The number of benzene rings is 1. The standard InChI is InChI=1S/C23H31N5O4.HI/c1-2-30-23(29)28-12-10-19(11-13-28)27-22(24)26-17-18-8-9-21(25-16-18)32-15-14-31-20-6-4-3-5-7-20;/h3-9,16,19H,2,10-15,17H2,1H3,(H3,24,26,27);1H. The first kappa shape index (κ1) is 26.5. The van der Waals surface area contributed by atoms with Crippen LogP contribution in [0.4, 0.5) is 4.79 Å². The number of nitrogens with one attached hydrogen (secondary N) is 1. The number of nitrogens with zero attached hydrogens (tertiary/aromatic N) is 3. The third-order valence-electron chi connectivity index (χ3n) is 4.95. The van der Waals surface area contributed by atoms with Gasteiger partial charge in [0.25, 0.3) is 0 Å². The highest BCUT2D eigenvalue weighted by atomic mass is 127. The molecule has 180 valence electrons. The summed E-state index contributed by atoms with van der Waals surface area (Å²) in [6.45, 7) is 4.76. The summed E-state index contributed by atoms with van der Waals surface area (Å²) in [6.07, 6.45) is 3.08. The summed E-state index contributed by atoms with van der Waals surface area (Å²) in [5.74, 6) is 1.74. The van der Waals surface area contributed by atoms with Crippen LogP contribution in [0.15, 0.2) is 53.7 Å². The number of amides is 1. The summed E-state index contributed by atoms with van der Waals surface area (Å²) in [5.41, 5.74) is 6.96. The molecule has 3 rings (SSSR count). The average Bonchev–Trinajstić information content (AvgIpc) is 2.82. The summed E-state index contributed by atoms with van der Waals surface area (Å²) in [4.78, 5) is 22.2. The number of hydrogen-bond donors (Lipinski definition) is 2. The quantitative estimate of drug-likeness (QED) is 0.207. The molecule has 1 fully saturated rings. The molecule has 0 spiro atoms. The Kier molecular flexibility index (Phi) is 11.6. The Morgan fingerprint density at radius 3 is 2.55 bits per heavy atom. The third-order valence-corrected chi connectivity index (χ3v) is 4.95. The fourth-order valence-corrected chi connectivity index (χ4v) is 3.26. The first-order valence-electron chi connectivity index (χ1n) is 10.9. The molecule has 0 bridgehead atoms. The Morgan fingerprint density at radius 2 is 1.88 bits per heavy atom. The van der Waals surface area contributed by atoms with Crippen molar-refractivity contribution in [1.29, 1.82) is 0 Å². The van der Waals surface area contributed by atoms with Crippen LogP contribution in [0.5, 0.6) is 11.6 Å². The van der Waals surface area contributed by atoms with Crippen molar-refractivity contribution in [3.63, 3.8) is 0 Å². The Bertz CT molecular complexity index is 859. The van der Waals surface area contributed by atoms with E-state index in [1.807, 2.05) is 49.4 Å². The zero-order valence-electron chi connectivity index (χ0n) is 18.8. The van der Waals surface area contributed by atoms with Crippen molar-refractivity contribution in [2.45, 2.75) is 32.4 Å². The molecule has 1 amide bonds. The predicted octanol–water partition coefficient (Wildman–Crippen LogP) is 3.18. The van der Waals surface area contributed by atoms with E-state index in [2.05, 4.69) is 15.3 Å². The average molecular weight is 569 g/mol. The van der Waals surface area contributed by atoms with Gasteiger partial charge in [-0.1, -0.05) is 24.3 Å². The van der Waals surface area contributed by atoms with E-state index in [-0.39, 0.29) is 36.1 Å². The molecular weight excluding hydrogens is 537 g/mol. The number of halogens is 1. The minimum absolute atomic E-state index is 0. The van der Waals surface area contributed by atoms with Gasteiger partial charge >= 0.3 is 6.09 Å². The maximum Gasteiger partial charge on any atom is 0.409 e. The molecule has 33 heavy (non-hydrogen) atoms. The van der Waals surface area contributed by atoms with Gasteiger partial charge in [0.05, 0.1) is 13.2 Å². The molecule has 3 N–H and O–H groups in total. The van der Waals surface area contributed by atoms with Gasteiger partial charge in [-0.25, -0.2) is 14.8 Å². The van der Waals surface area contributed by atoms with Crippen LogP contribution < -0.4 is 20.5 Å². The lowest BCUT2D eigenvalue weighted by atomic mass is 10.1. The summed E-state index contributed by atoms with van der Waals surface area (Å²) >= 11 is 0. The van der Waals surface area contributed by atoms with Gasteiger partial charge in [-0.15, -0.1) is 24.0 Å². The Hall–Kier alpha value is -2.76. The first-order valence-corrected chi connectivity index (χ1v) is 10.9. The van der Waals surface area contributed by atoms with Gasteiger partial charge in [0.1, 0.15) is 19.0 Å². The number of nitrogens with two attached hydrogens (primary N) is 1. The largest absolute Gasteiger partial charge is 0.490 e. The number of likely N-dealkylation sites (tertiary alicyclic amines) is 1. The van der Waals surface area contributed by atoms with Crippen molar-refractivity contribution in [2.75, 3.05) is 32.9 Å². The van der Waals surface area contributed by atoms with E-state index in [1.165, 1.54) is 0 Å². The van der Waals surface area contributed by atoms with Crippen LogP contribution in [0.2, 0.25) is 0 Å². The highest BCUT2D eigenvalue weighted by molar-refractivity contribution is 14.0. The van der Waals surface area contributed by atoms with Gasteiger partial charge in [-0.05, 0) is 37.5 Å². The van der Waals surface area contributed by atoms with Crippen LogP contribution in [0.1, 0.15) is 25.3 Å². The topological polar surface area (TPSA) is 111 Å². The Morgan fingerprint density at radius 1 is 1.15 bits per heavy atom. The van der Waals surface area contributed by atoms with Gasteiger partial charge in [0.2, 0.25) is 5.88 Å². The minimum Gasteiger partial charge on any atom is -0.490 e. The van der Waals surface area contributed by atoms with Crippen molar-refractivity contribution < 1.29 is 19.0 Å². The number of carbonyl (C=O) groups excluding carboxylic acids is 1. The van der Waals surface area contributed by atoms with Gasteiger partial charge < -0.3 is 30.2 Å². The second-order valence-corrected chi connectivity index (χ2v) is 7.32. The van der Waals surface area contributed by atoms with Crippen molar-refractivity contribution in [2.24, 2.45) is 10.7 Å². The molecule has 1 aliphatic rings. The van der Waals surface area contributed by atoms with E-state index in [1.54, 1.807) is 11.1 Å². The summed E-state index contributed by atoms with van der Waals surface area (Å²) in [5, 5.41) is 3.23. The minimum atomic E-state index is -0.253. The second-order valence-electron chi connectivity index (χ2n) is 7.32. The summed E-state index contributed by atoms with van der Waals surface area (Å²) in [7, 11) is 0. The number of carbonyl (C=O) groups is 1. The Balaban J connectivity index is 0.00000385. The molecule has 0 unspecified atom stereocenters. The lowest BCUT2D eigenvalue weighted by Crippen LogP contribution is -2.48. The van der Waals surface area contributed by atoms with Gasteiger partial charge in [-0.2, -0.15) is 0 Å². The zero-order valence-corrected chi connectivity index (χ0v) is 21.1. The normalized spacial score (nSPS) is 14.2. The number of aliphatic imine (C=N–C) groups is 1. The van der Waals surface area contributed by atoms with Gasteiger partial charge in [-0.3, -0.25) is 0 Å². The number of hydrogen-bond acceptors (Lipinski definition) is 6. The fraction of sp³-hybridized carbons (Fsp3) is 0.435. The third kappa shape index (κ3) is 9.32. The van der Waals surface area contributed by atoms with E-state index in [0.717, 1.165) is 24.2 Å². The number of aromatic nitrogens is 1. The first-order chi connectivity index (χ1) is 15.6. The van der Waals surface area contributed by atoms with E-state index in [9.17, 15) is 4.79 Å². The van der Waals surface area contributed by atoms with Crippen molar-refractivity contribution in [3.05, 3.63) is 54.2 Å². The highest BCUT2D eigenvalue weighted by Gasteiger charge is 2.23. The smallest absolute Gasteiger partial charge is 0.409 e. The van der Waals surface area contributed by atoms with E-state index in [0.29, 0.717) is 51.3 Å². The molecule has 0 aliphatic carbocycles. The van der Waals surface area contributed by atoms with Crippen LogP contribution in [0, 0.1) is 0 Å². The number of pyridine rings is 1. The van der Waals surface area contributed by atoms with Crippen LogP contribution in [-0.2, 0) is 11.3 Å². The molecule has 0 atom stereocenters. The molecule has 0 radical (unpaired) electrons. The Labute approximate surface area is 211 Å². The molecule has 10 heteroatoms. The fourth-order valence-electron chi connectivity index (χ4n) is 3.26. The molecule has 1 saturated heterocycles. The highest BCUT2D eigenvalue weighted by Crippen LogP contribution is 2.12. The zero-order chi connectivity index (χ0) is 22.6. The maximum absolute atomic E-state index is 11.8. The molecular formula is C23H32IN5O4. The molecule has 1 aromatic heterocycles. The molecule has 1 aromatic carbocycles. The lowest BCUT2D eigenvalue weighted by molar-refractivity contribution is 0.0963. The second kappa shape index (κ2) is 14.4. The van der Waals surface area contributed by atoms with Crippen molar-refractivity contribution >= 4 is 36.0 Å². The monoisotopic (exact) mass is 569 g/mol. The molecule has 2 heterocycles. The summed E-state index contributed by atoms with van der Waals surface area (Å²) in [6, 6.07) is 13.5. The molecule has 0 saturated carbocycles. The number of para-hydroxylation sites is 1.